The van der Waals surface area contributed by atoms with Crippen molar-refractivity contribution < 1.29 is 13.2 Å². The van der Waals surface area contributed by atoms with Crippen molar-refractivity contribution in [3.8, 4) is 0 Å². The van der Waals surface area contributed by atoms with Crippen LogP contribution in [0.3, 0.4) is 0 Å². The number of halogens is 3. The monoisotopic (exact) mass is 294 g/mol. The van der Waals surface area contributed by atoms with Crippen LogP contribution < -0.4 is 5.32 Å². The second-order valence-corrected chi connectivity index (χ2v) is 4.90. The molecule has 0 bridgehead atoms. The second-order valence-electron chi connectivity index (χ2n) is 4.90. The van der Waals surface area contributed by atoms with Gasteiger partial charge in [-0.05, 0) is 37.1 Å². The Kier molecular flexibility index (Phi) is 4.96. The molecule has 0 saturated carbocycles. The lowest BCUT2D eigenvalue weighted by Gasteiger charge is -2.22. The predicted molar refractivity (Wildman–Crippen MR) is 75.4 cm³/mol. The highest BCUT2D eigenvalue weighted by Gasteiger charge is 2.24. The van der Waals surface area contributed by atoms with E-state index < -0.39 is 23.5 Å². The van der Waals surface area contributed by atoms with Crippen molar-refractivity contribution in [3.05, 3.63) is 64.7 Å². The van der Waals surface area contributed by atoms with E-state index in [1.165, 1.54) is 0 Å². The van der Waals surface area contributed by atoms with Crippen LogP contribution in [-0.4, -0.2) is 11.5 Å². The van der Waals surface area contributed by atoms with Crippen molar-refractivity contribution >= 4 is 0 Å². The third-order valence-electron chi connectivity index (χ3n) is 3.32. The number of rotatable bonds is 5. The molecule has 0 aliphatic rings. The van der Waals surface area contributed by atoms with Crippen LogP contribution in [0.25, 0.3) is 0 Å². The molecule has 2 nitrogen and oxygen atoms in total. The average molecular weight is 294 g/mol. The van der Waals surface area contributed by atoms with E-state index in [-0.39, 0.29) is 5.56 Å². The van der Waals surface area contributed by atoms with Gasteiger partial charge in [0.25, 0.3) is 0 Å². The molecule has 2 aromatic rings. The summed E-state index contributed by atoms with van der Waals surface area (Å²) < 4.78 is 41.2. The van der Waals surface area contributed by atoms with E-state index in [1.807, 2.05) is 13.8 Å². The average Bonchev–Trinajstić information content (AvgIpc) is 2.42. The van der Waals surface area contributed by atoms with Gasteiger partial charge in [0.05, 0.1) is 6.04 Å². The maximum absolute atomic E-state index is 14.1. The zero-order chi connectivity index (χ0) is 15.4. The van der Waals surface area contributed by atoms with Crippen molar-refractivity contribution in [3.63, 3.8) is 0 Å². The Labute approximate surface area is 122 Å². The first-order chi connectivity index (χ1) is 10.0. The third-order valence-corrected chi connectivity index (χ3v) is 3.32. The number of aromatic nitrogens is 1. The Balaban J connectivity index is 2.54. The molecule has 0 saturated heterocycles. The van der Waals surface area contributed by atoms with Gasteiger partial charge in [0.2, 0.25) is 0 Å². The van der Waals surface area contributed by atoms with Gasteiger partial charge in [0.15, 0.2) is 0 Å². The summed E-state index contributed by atoms with van der Waals surface area (Å²) in [4.78, 5) is 4.02. The Morgan fingerprint density at radius 1 is 1.19 bits per heavy atom. The molecule has 1 N–H and O–H groups in total. The topological polar surface area (TPSA) is 24.9 Å². The van der Waals surface area contributed by atoms with E-state index >= 15 is 0 Å². The van der Waals surface area contributed by atoms with Crippen molar-refractivity contribution in [2.75, 3.05) is 6.54 Å². The zero-order valence-electron chi connectivity index (χ0n) is 12.0. The first-order valence-corrected chi connectivity index (χ1v) is 6.83. The summed E-state index contributed by atoms with van der Waals surface area (Å²) in [6.07, 6.45) is 4.00. The van der Waals surface area contributed by atoms with Crippen molar-refractivity contribution in [1.82, 2.24) is 10.3 Å². The minimum absolute atomic E-state index is 0.180. The standard InChI is InChI=1S/C16H17F3N2/c1-3-5-21-16(12-9-20-6-4-10(12)2)15-13(18)7-11(17)8-14(15)19/h4,6-9,16,21H,3,5H2,1-2H3. The summed E-state index contributed by atoms with van der Waals surface area (Å²) in [6, 6.07) is 2.48. The molecule has 1 heterocycles. The minimum Gasteiger partial charge on any atom is -0.306 e. The summed E-state index contributed by atoms with van der Waals surface area (Å²) in [6.45, 7) is 4.38. The maximum atomic E-state index is 14.1. The predicted octanol–water partition coefficient (Wildman–Crippen LogP) is 3.90. The van der Waals surface area contributed by atoms with Crippen LogP contribution in [0.4, 0.5) is 13.2 Å². The quantitative estimate of drug-likeness (QED) is 0.904. The van der Waals surface area contributed by atoms with Gasteiger partial charge >= 0.3 is 0 Å². The molecule has 1 atom stereocenters. The van der Waals surface area contributed by atoms with E-state index in [2.05, 4.69) is 10.3 Å². The largest absolute Gasteiger partial charge is 0.306 e. The van der Waals surface area contributed by atoms with E-state index in [1.54, 1.807) is 18.5 Å². The molecular formula is C16H17F3N2. The molecule has 0 spiro atoms. The van der Waals surface area contributed by atoms with Crippen molar-refractivity contribution in [2.24, 2.45) is 0 Å². The van der Waals surface area contributed by atoms with Crippen LogP contribution in [0.15, 0.2) is 30.6 Å². The van der Waals surface area contributed by atoms with Crippen LogP contribution in [-0.2, 0) is 0 Å². The molecular weight excluding hydrogens is 277 g/mol. The SMILES string of the molecule is CCCNC(c1cnccc1C)c1c(F)cc(F)cc1F. The number of benzene rings is 1. The fraction of sp³-hybridized carbons (Fsp3) is 0.312. The number of nitrogens with one attached hydrogen (secondary N) is 1. The molecule has 1 unspecified atom stereocenters. The molecule has 5 heteroatoms. The molecule has 1 aromatic heterocycles. The highest BCUT2D eigenvalue weighted by molar-refractivity contribution is 5.36. The van der Waals surface area contributed by atoms with Crippen molar-refractivity contribution in [1.29, 1.82) is 0 Å². The summed E-state index contributed by atoms with van der Waals surface area (Å²) in [5.41, 5.74) is 1.36. The van der Waals surface area contributed by atoms with Crippen LogP contribution >= 0.6 is 0 Å². The lowest BCUT2D eigenvalue weighted by Crippen LogP contribution is -2.26. The summed E-state index contributed by atoms with van der Waals surface area (Å²) in [5, 5.41) is 3.10. The Hall–Kier alpha value is -1.88. The number of hydrogen-bond acceptors (Lipinski definition) is 2. The van der Waals surface area contributed by atoms with Gasteiger partial charge in [-0.1, -0.05) is 6.92 Å². The molecule has 0 amide bonds. The Bertz CT molecular complexity index is 606. The van der Waals surface area contributed by atoms with Crippen LogP contribution in [0, 0.1) is 24.4 Å². The lowest BCUT2D eigenvalue weighted by atomic mass is 9.95. The highest BCUT2D eigenvalue weighted by Crippen LogP contribution is 2.29. The molecule has 21 heavy (non-hydrogen) atoms. The molecule has 0 radical (unpaired) electrons. The van der Waals surface area contributed by atoms with Gasteiger partial charge in [-0.15, -0.1) is 0 Å². The minimum atomic E-state index is -0.925. The van der Waals surface area contributed by atoms with Gasteiger partial charge in [-0.2, -0.15) is 0 Å². The second kappa shape index (κ2) is 6.72. The van der Waals surface area contributed by atoms with Gasteiger partial charge in [-0.3, -0.25) is 4.98 Å². The first kappa shape index (κ1) is 15.5. The van der Waals surface area contributed by atoms with Crippen LogP contribution in [0.1, 0.15) is 36.1 Å². The highest BCUT2D eigenvalue weighted by atomic mass is 19.1. The molecule has 2 rings (SSSR count). The number of aryl methyl sites for hydroxylation is 1. The molecule has 1 aromatic carbocycles. The summed E-state index contributed by atoms with van der Waals surface area (Å²) in [7, 11) is 0. The third kappa shape index (κ3) is 3.42. The summed E-state index contributed by atoms with van der Waals surface area (Å²) in [5.74, 6) is -2.72. The van der Waals surface area contributed by atoms with E-state index in [0.29, 0.717) is 24.2 Å². The van der Waals surface area contributed by atoms with Crippen LogP contribution in [0.2, 0.25) is 0 Å². The fourth-order valence-corrected chi connectivity index (χ4v) is 2.26. The van der Waals surface area contributed by atoms with Gasteiger partial charge in [0.1, 0.15) is 17.5 Å². The maximum Gasteiger partial charge on any atom is 0.134 e. The van der Waals surface area contributed by atoms with Gasteiger partial charge in [-0.25, -0.2) is 13.2 Å². The van der Waals surface area contributed by atoms with E-state index in [9.17, 15) is 13.2 Å². The Morgan fingerprint density at radius 3 is 2.43 bits per heavy atom. The van der Waals surface area contributed by atoms with Gasteiger partial charge in [0, 0.05) is 30.1 Å². The smallest absolute Gasteiger partial charge is 0.134 e. The number of hydrogen-bond donors (Lipinski definition) is 1. The molecule has 0 fully saturated rings. The molecule has 0 aliphatic heterocycles. The number of pyridine rings is 1. The molecule has 0 aliphatic carbocycles. The fourth-order valence-electron chi connectivity index (χ4n) is 2.26. The Morgan fingerprint density at radius 2 is 1.86 bits per heavy atom. The zero-order valence-corrected chi connectivity index (χ0v) is 12.0. The van der Waals surface area contributed by atoms with Crippen LogP contribution in [0.5, 0.6) is 0 Å². The normalized spacial score (nSPS) is 12.4. The van der Waals surface area contributed by atoms with Gasteiger partial charge < -0.3 is 5.32 Å². The first-order valence-electron chi connectivity index (χ1n) is 6.83. The molecule has 112 valence electrons. The lowest BCUT2D eigenvalue weighted by molar-refractivity contribution is 0.485. The van der Waals surface area contributed by atoms with E-state index in [4.69, 9.17) is 0 Å². The van der Waals surface area contributed by atoms with E-state index in [0.717, 1.165) is 12.0 Å². The number of nitrogens with zero attached hydrogens (tertiary/aromatic N) is 1. The summed E-state index contributed by atoms with van der Waals surface area (Å²) >= 11 is 0. The van der Waals surface area contributed by atoms with Crippen molar-refractivity contribution in [2.45, 2.75) is 26.3 Å².